The highest BCUT2D eigenvalue weighted by molar-refractivity contribution is 5.74. The lowest BCUT2D eigenvalue weighted by Crippen LogP contribution is -2.16. The van der Waals surface area contributed by atoms with Crippen LogP contribution in [-0.2, 0) is 6.54 Å². The first kappa shape index (κ1) is 30.3. The van der Waals surface area contributed by atoms with E-state index in [1.807, 2.05) is 31.3 Å². The van der Waals surface area contributed by atoms with Crippen LogP contribution in [0.1, 0.15) is 11.1 Å². The van der Waals surface area contributed by atoms with Crippen molar-refractivity contribution in [1.82, 2.24) is 0 Å². The topological polar surface area (TPSA) is 30.3 Å². The molecule has 48 heavy (non-hydrogen) atoms. The lowest BCUT2D eigenvalue weighted by atomic mass is 10.0. The number of nitriles is 1. The summed E-state index contributed by atoms with van der Waals surface area (Å²) in [4.78, 5) is 4.48. The van der Waals surface area contributed by atoms with Crippen molar-refractivity contribution in [1.29, 1.82) is 5.26 Å². The van der Waals surface area contributed by atoms with E-state index >= 15 is 0 Å². The highest BCUT2D eigenvalue weighted by Crippen LogP contribution is 2.33. The third-order valence-corrected chi connectivity index (χ3v) is 8.82. The fraction of sp³-hybridized carbons (Fsp3) is 0.0444. The fourth-order valence-corrected chi connectivity index (χ4v) is 6.06. The average Bonchev–Trinajstić information content (AvgIpc) is 3.18. The molecule has 7 aromatic rings. The minimum Gasteiger partial charge on any atom is -0.345 e. The third-order valence-electron chi connectivity index (χ3n) is 8.82. The van der Waals surface area contributed by atoms with Crippen LogP contribution in [0.15, 0.2) is 182 Å². The van der Waals surface area contributed by atoms with Crippen LogP contribution in [0.4, 0.5) is 22.7 Å². The molecule has 0 aliphatic heterocycles. The van der Waals surface area contributed by atoms with Gasteiger partial charge in [0.25, 0.3) is 0 Å². The van der Waals surface area contributed by atoms with Gasteiger partial charge in [0, 0.05) is 36.3 Å². The number of benzene rings is 7. The standard InChI is InChI=1S/C45H35N3/c1-47(45-14-8-9-35(31-45)32-46)42-25-19-40(20-26-42)41-23-29-44(30-24-41)48(43-27-21-39(22-28-43)37-12-6-3-7-13-37)33-34-15-17-38(18-16-34)36-10-4-2-5-11-36/h2-31H,33H2,1H3. The van der Waals surface area contributed by atoms with Crippen LogP contribution in [-0.4, -0.2) is 7.05 Å². The molecule has 0 aliphatic rings. The molecule has 7 rings (SSSR count). The van der Waals surface area contributed by atoms with E-state index in [2.05, 4.69) is 174 Å². The zero-order valence-corrected chi connectivity index (χ0v) is 26.9. The molecule has 3 heteroatoms. The van der Waals surface area contributed by atoms with Gasteiger partial charge in [-0.25, -0.2) is 0 Å². The zero-order chi connectivity index (χ0) is 32.7. The van der Waals surface area contributed by atoms with Crippen LogP contribution < -0.4 is 9.80 Å². The molecule has 0 bridgehead atoms. The predicted molar refractivity (Wildman–Crippen MR) is 201 cm³/mol. The second-order valence-corrected chi connectivity index (χ2v) is 11.9. The highest BCUT2D eigenvalue weighted by atomic mass is 15.1. The summed E-state index contributed by atoms with van der Waals surface area (Å²) in [6.07, 6.45) is 0. The lowest BCUT2D eigenvalue weighted by molar-refractivity contribution is 0.976. The van der Waals surface area contributed by atoms with Crippen molar-refractivity contribution in [3.05, 3.63) is 193 Å². The van der Waals surface area contributed by atoms with Crippen molar-refractivity contribution in [2.45, 2.75) is 6.54 Å². The van der Waals surface area contributed by atoms with Gasteiger partial charge in [-0.05, 0) is 93.5 Å². The lowest BCUT2D eigenvalue weighted by Gasteiger charge is -2.26. The second-order valence-electron chi connectivity index (χ2n) is 11.9. The number of nitrogens with zero attached hydrogens (tertiary/aromatic N) is 3. The van der Waals surface area contributed by atoms with Gasteiger partial charge in [0.2, 0.25) is 0 Å². The summed E-state index contributed by atoms with van der Waals surface area (Å²) in [6.45, 7) is 0.743. The molecule has 0 spiro atoms. The monoisotopic (exact) mass is 617 g/mol. The Morgan fingerprint density at radius 1 is 0.417 bits per heavy atom. The molecule has 0 unspecified atom stereocenters. The quantitative estimate of drug-likeness (QED) is 0.161. The maximum Gasteiger partial charge on any atom is 0.0992 e. The van der Waals surface area contributed by atoms with Gasteiger partial charge in [-0.3, -0.25) is 0 Å². The van der Waals surface area contributed by atoms with Gasteiger partial charge in [-0.1, -0.05) is 127 Å². The zero-order valence-electron chi connectivity index (χ0n) is 26.9. The molecule has 0 atom stereocenters. The van der Waals surface area contributed by atoms with E-state index in [-0.39, 0.29) is 0 Å². The van der Waals surface area contributed by atoms with E-state index in [0.717, 1.165) is 40.4 Å². The van der Waals surface area contributed by atoms with Gasteiger partial charge in [-0.2, -0.15) is 5.26 Å². The van der Waals surface area contributed by atoms with Gasteiger partial charge >= 0.3 is 0 Å². The molecule has 230 valence electrons. The van der Waals surface area contributed by atoms with E-state index in [4.69, 9.17) is 0 Å². The van der Waals surface area contributed by atoms with Crippen molar-refractivity contribution in [3.63, 3.8) is 0 Å². The van der Waals surface area contributed by atoms with Crippen LogP contribution in [0, 0.1) is 11.3 Å². The molecule has 0 aromatic heterocycles. The van der Waals surface area contributed by atoms with E-state index in [1.165, 1.54) is 27.8 Å². The van der Waals surface area contributed by atoms with Crippen LogP contribution in [0.5, 0.6) is 0 Å². The number of hydrogen-bond donors (Lipinski definition) is 0. The molecular weight excluding hydrogens is 583 g/mol. The van der Waals surface area contributed by atoms with Gasteiger partial charge in [-0.15, -0.1) is 0 Å². The summed E-state index contributed by atoms with van der Waals surface area (Å²) in [7, 11) is 2.02. The summed E-state index contributed by atoms with van der Waals surface area (Å²) in [6, 6.07) is 66.1. The maximum absolute atomic E-state index is 9.30. The Balaban J connectivity index is 1.15. The minimum absolute atomic E-state index is 0.654. The van der Waals surface area contributed by atoms with E-state index < -0.39 is 0 Å². The molecule has 0 heterocycles. The van der Waals surface area contributed by atoms with E-state index in [1.54, 1.807) is 0 Å². The molecule has 0 aliphatic carbocycles. The maximum atomic E-state index is 9.30. The summed E-state index contributed by atoms with van der Waals surface area (Å²) >= 11 is 0. The molecular formula is C45H35N3. The molecule has 0 amide bonds. The Kier molecular flexibility index (Phi) is 8.80. The van der Waals surface area contributed by atoms with E-state index in [9.17, 15) is 5.26 Å². The highest BCUT2D eigenvalue weighted by Gasteiger charge is 2.13. The number of rotatable bonds is 9. The van der Waals surface area contributed by atoms with Crippen LogP contribution in [0.3, 0.4) is 0 Å². The summed E-state index contributed by atoms with van der Waals surface area (Å²) in [5.41, 5.74) is 13.4. The molecule has 7 aromatic carbocycles. The largest absolute Gasteiger partial charge is 0.345 e. The Morgan fingerprint density at radius 3 is 1.29 bits per heavy atom. The second kappa shape index (κ2) is 14.0. The molecule has 0 saturated carbocycles. The van der Waals surface area contributed by atoms with Crippen molar-refractivity contribution in [2.75, 3.05) is 16.8 Å². The first-order valence-electron chi connectivity index (χ1n) is 16.2. The van der Waals surface area contributed by atoms with Crippen LogP contribution in [0.2, 0.25) is 0 Å². The Hall–Kier alpha value is -6.37. The Labute approximate surface area is 283 Å². The van der Waals surface area contributed by atoms with Crippen molar-refractivity contribution in [2.24, 2.45) is 0 Å². The SMILES string of the molecule is CN(c1ccc(-c2ccc(N(Cc3ccc(-c4ccccc4)cc3)c3ccc(-c4ccccc4)cc3)cc2)cc1)c1cccc(C#N)c1. The van der Waals surface area contributed by atoms with Crippen molar-refractivity contribution >= 4 is 22.7 Å². The Morgan fingerprint density at radius 2 is 0.833 bits per heavy atom. The summed E-state index contributed by atoms with van der Waals surface area (Å²) in [5.74, 6) is 0. The first-order valence-corrected chi connectivity index (χ1v) is 16.2. The average molecular weight is 618 g/mol. The summed E-state index contributed by atoms with van der Waals surface area (Å²) < 4.78 is 0. The van der Waals surface area contributed by atoms with Crippen molar-refractivity contribution in [3.8, 4) is 39.4 Å². The molecule has 0 radical (unpaired) electrons. The predicted octanol–water partition coefficient (Wildman–Crippen LogP) is 11.7. The third kappa shape index (κ3) is 6.75. The van der Waals surface area contributed by atoms with E-state index in [0.29, 0.717) is 5.56 Å². The number of anilines is 4. The smallest absolute Gasteiger partial charge is 0.0992 e. The minimum atomic E-state index is 0.654. The van der Waals surface area contributed by atoms with Gasteiger partial charge in [0.15, 0.2) is 0 Å². The fourth-order valence-electron chi connectivity index (χ4n) is 6.06. The number of hydrogen-bond acceptors (Lipinski definition) is 3. The molecule has 0 fully saturated rings. The van der Waals surface area contributed by atoms with Gasteiger partial charge in [0.05, 0.1) is 11.6 Å². The van der Waals surface area contributed by atoms with Gasteiger partial charge < -0.3 is 9.80 Å². The molecule has 3 nitrogen and oxygen atoms in total. The van der Waals surface area contributed by atoms with Crippen molar-refractivity contribution < 1.29 is 0 Å². The van der Waals surface area contributed by atoms with Crippen LogP contribution in [0.25, 0.3) is 33.4 Å². The molecule has 0 N–H and O–H groups in total. The molecule has 0 saturated heterocycles. The Bertz CT molecular complexity index is 2130. The van der Waals surface area contributed by atoms with Crippen LogP contribution >= 0.6 is 0 Å². The summed E-state index contributed by atoms with van der Waals surface area (Å²) in [5, 5.41) is 9.30. The normalized spacial score (nSPS) is 10.7. The van der Waals surface area contributed by atoms with Gasteiger partial charge in [0.1, 0.15) is 0 Å². The first-order chi connectivity index (χ1) is 23.6.